The van der Waals surface area contributed by atoms with Crippen molar-refractivity contribution in [3.05, 3.63) is 48.5 Å². The van der Waals surface area contributed by atoms with E-state index in [2.05, 4.69) is 0 Å². The zero-order valence-corrected chi connectivity index (χ0v) is 15.0. The Kier molecular flexibility index (Phi) is 5.85. The molecule has 0 heterocycles. The Morgan fingerprint density at radius 1 is 0.696 bits per heavy atom. The van der Waals surface area contributed by atoms with Gasteiger partial charge in [-0.15, -0.1) is 0 Å². The molecule has 0 aromatic heterocycles. The van der Waals surface area contributed by atoms with Gasteiger partial charge in [0, 0.05) is 0 Å². The van der Waals surface area contributed by atoms with Gasteiger partial charge in [0.05, 0.1) is 0 Å². The van der Waals surface area contributed by atoms with E-state index in [0.717, 1.165) is 0 Å². The van der Waals surface area contributed by atoms with E-state index in [4.69, 9.17) is 15.7 Å². The zero-order chi connectivity index (χ0) is 16.7. The molecule has 0 radical (unpaired) electrons. The van der Waals surface area contributed by atoms with E-state index in [1.165, 1.54) is 0 Å². The van der Waals surface area contributed by atoms with Crippen LogP contribution in [0.2, 0.25) is 0 Å². The number of benzene rings is 2. The van der Waals surface area contributed by atoms with Crippen LogP contribution in [-0.4, -0.2) is 46.2 Å². The third kappa shape index (κ3) is 3.58. The first-order valence-electron chi connectivity index (χ1n) is 6.55. The van der Waals surface area contributed by atoms with Crippen LogP contribution in [-0.2, 0) is 15.8 Å². The molecule has 2 rings (SSSR count). The van der Waals surface area contributed by atoms with E-state index < -0.39 is 19.0 Å². The molecule has 2 aromatic carbocycles. The molecule has 0 amide bonds. The van der Waals surface area contributed by atoms with Crippen molar-refractivity contribution < 1.29 is 25.3 Å². The van der Waals surface area contributed by atoms with E-state index in [1.54, 1.807) is 62.8 Å². The van der Waals surface area contributed by atoms with Gasteiger partial charge >= 0.3 is 139 Å². The quantitative estimate of drug-likeness (QED) is 0.450. The second kappa shape index (κ2) is 7.86. The van der Waals surface area contributed by atoms with Crippen LogP contribution in [0.4, 0.5) is 0 Å². The summed E-state index contributed by atoms with van der Waals surface area (Å²) in [5, 5.41) is 0. The number of hydrogen-bond acceptors (Lipinski definition) is 6. The van der Waals surface area contributed by atoms with Crippen molar-refractivity contribution >= 4 is 39.2 Å². The van der Waals surface area contributed by atoms with Crippen LogP contribution in [0.5, 0.6) is 11.5 Å². The van der Waals surface area contributed by atoms with Crippen LogP contribution in [0.25, 0.3) is 0 Å². The van der Waals surface area contributed by atoms with Gasteiger partial charge in [-0.1, -0.05) is 0 Å². The number of hydrogen-bond donors (Lipinski definition) is 0. The van der Waals surface area contributed by atoms with Gasteiger partial charge in [-0.25, -0.2) is 0 Å². The summed E-state index contributed by atoms with van der Waals surface area (Å²) < 4.78 is 22.3. The number of ether oxygens (including phenoxy) is 2. The van der Waals surface area contributed by atoms with Gasteiger partial charge < -0.3 is 0 Å². The summed E-state index contributed by atoms with van der Waals surface area (Å²) >= 11 is -4.12. The summed E-state index contributed by atoms with van der Waals surface area (Å²) in [6.45, 7) is 0.637. The van der Waals surface area contributed by atoms with E-state index in [0.29, 0.717) is 31.7 Å². The summed E-state index contributed by atoms with van der Waals surface area (Å²) in [5.41, 5.74) is 0. The third-order valence-electron chi connectivity index (χ3n) is 3.09. The normalized spacial score (nSPS) is 11.2. The number of methoxy groups -OCH3 is 2. The number of carbonyl (C=O) groups excluding carboxylic acids is 2. The molecule has 0 aliphatic carbocycles. The molecule has 0 fully saturated rings. The first-order valence-corrected chi connectivity index (χ1v) is 10.8. The zero-order valence-electron chi connectivity index (χ0n) is 12.6. The standard InChI is InChI=1S/C16H16O6Te/c1-19-13-3-7-15(8-4-13)23(21-11-17,22-12-18)16-9-5-14(20-2)6-10-16/h3-12H,1-2H3. The molecule has 23 heavy (non-hydrogen) atoms. The van der Waals surface area contributed by atoms with Crippen molar-refractivity contribution in [1.29, 1.82) is 0 Å². The fourth-order valence-electron chi connectivity index (χ4n) is 2.00. The Balaban J connectivity index is 2.56. The fourth-order valence-corrected chi connectivity index (χ4v) is 7.63. The van der Waals surface area contributed by atoms with Crippen LogP contribution in [0.15, 0.2) is 48.5 Å². The molecule has 7 heteroatoms. The van der Waals surface area contributed by atoms with Crippen LogP contribution in [0.3, 0.4) is 0 Å². The van der Waals surface area contributed by atoms with E-state index in [-0.39, 0.29) is 0 Å². The predicted octanol–water partition coefficient (Wildman–Crippen LogP) is 0.606. The monoisotopic (exact) mass is 434 g/mol. The average Bonchev–Trinajstić information content (AvgIpc) is 2.61. The Bertz CT molecular complexity index is 594. The SMILES string of the molecule is COc1ccc([Te](OC=O)(OC=O)c2ccc(OC)cc2)cc1. The van der Waals surface area contributed by atoms with Crippen molar-refractivity contribution in [1.82, 2.24) is 0 Å². The molecule has 0 aliphatic heterocycles. The summed E-state index contributed by atoms with van der Waals surface area (Å²) in [6.07, 6.45) is 0. The van der Waals surface area contributed by atoms with Gasteiger partial charge in [0.15, 0.2) is 0 Å². The summed E-state index contributed by atoms with van der Waals surface area (Å²) in [5.74, 6) is 1.30. The Morgan fingerprint density at radius 3 is 1.30 bits per heavy atom. The van der Waals surface area contributed by atoms with Gasteiger partial charge in [-0.2, -0.15) is 0 Å². The molecule has 0 unspecified atom stereocenters. The number of rotatable bonds is 8. The maximum absolute atomic E-state index is 11.1. The molecular weight excluding hydrogens is 416 g/mol. The third-order valence-corrected chi connectivity index (χ3v) is 10.2. The molecule has 0 aliphatic rings. The van der Waals surface area contributed by atoms with Crippen LogP contribution in [0, 0.1) is 0 Å². The number of carbonyl (C=O) groups is 2. The van der Waals surface area contributed by atoms with Gasteiger partial charge in [0.2, 0.25) is 0 Å². The van der Waals surface area contributed by atoms with E-state index in [1.807, 2.05) is 0 Å². The summed E-state index contributed by atoms with van der Waals surface area (Å²) in [7, 11) is 3.11. The second-order valence-electron chi connectivity index (χ2n) is 4.24. The van der Waals surface area contributed by atoms with Gasteiger partial charge in [0.25, 0.3) is 0 Å². The molecule has 0 spiro atoms. The Labute approximate surface area is 138 Å². The topological polar surface area (TPSA) is 71.1 Å². The second-order valence-corrected chi connectivity index (χ2v) is 10.9. The van der Waals surface area contributed by atoms with Crippen molar-refractivity contribution in [2.75, 3.05) is 14.2 Å². The first kappa shape index (κ1) is 17.1. The fraction of sp³-hybridized carbons (Fsp3) is 0.125. The van der Waals surface area contributed by atoms with Crippen molar-refractivity contribution in [2.24, 2.45) is 0 Å². The average molecular weight is 432 g/mol. The van der Waals surface area contributed by atoms with Crippen LogP contribution in [0.1, 0.15) is 0 Å². The molecule has 122 valence electrons. The van der Waals surface area contributed by atoms with Crippen molar-refractivity contribution in [3.8, 4) is 11.5 Å². The van der Waals surface area contributed by atoms with E-state index in [9.17, 15) is 9.59 Å². The van der Waals surface area contributed by atoms with Gasteiger partial charge in [-0.05, 0) is 0 Å². The first-order chi connectivity index (χ1) is 11.2. The molecule has 0 atom stereocenters. The van der Waals surface area contributed by atoms with E-state index >= 15 is 0 Å². The molecule has 0 N–H and O–H groups in total. The van der Waals surface area contributed by atoms with Gasteiger partial charge in [-0.3, -0.25) is 0 Å². The molecule has 0 bridgehead atoms. The Morgan fingerprint density at radius 2 is 1.04 bits per heavy atom. The Hall–Kier alpha value is -2.23. The molecule has 6 nitrogen and oxygen atoms in total. The molecule has 0 saturated carbocycles. The summed E-state index contributed by atoms with van der Waals surface area (Å²) in [4.78, 5) is 22.1. The summed E-state index contributed by atoms with van der Waals surface area (Å²) in [6, 6.07) is 13.8. The predicted molar refractivity (Wildman–Crippen MR) is 85.3 cm³/mol. The molecule has 2 aromatic rings. The molecule has 0 saturated heterocycles. The van der Waals surface area contributed by atoms with Crippen molar-refractivity contribution in [3.63, 3.8) is 0 Å². The maximum atomic E-state index is 11.1. The minimum absolute atomic E-state index is 0.319. The van der Waals surface area contributed by atoms with Crippen LogP contribution < -0.4 is 16.7 Å². The van der Waals surface area contributed by atoms with Crippen LogP contribution >= 0.6 is 0 Å². The van der Waals surface area contributed by atoms with Crippen molar-refractivity contribution in [2.45, 2.75) is 0 Å². The minimum atomic E-state index is -4.12. The van der Waals surface area contributed by atoms with Gasteiger partial charge in [0.1, 0.15) is 0 Å². The molecular formula is C16H16O6Te.